The molecule has 1 aromatic rings. The molecule has 1 aromatic carbocycles. The Labute approximate surface area is 154 Å². The van der Waals surface area contributed by atoms with Crippen molar-refractivity contribution in [3.05, 3.63) is 29.3 Å². The molecule has 1 aliphatic carbocycles. The van der Waals surface area contributed by atoms with E-state index in [4.69, 9.17) is 10.5 Å². The van der Waals surface area contributed by atoms with Gasteiger partial charge in [0.1, 0.15) is 0 Å². The summed E-state index contributed by atoms with van der Waals surface area (Å²) in [5.74, 6) is -0.0457. The molecule has 1 amide bonds. The van der Waals surface area contributed by atoms with E-state index in [-0.39, 0.29) is 41.7 Å². The Hall–Kier alpha value is -1.19. The number of carbonyl (C=O) groups is 1. The molecule has 9 heteroatoms. The first kappa shape index (κ1) is 20.1. The van der Waals surface area contributed by atoms with Crippen molar-refractivity contribution in [1.29, 1.82) is 0 Å². The number of nitrogens with one attached hydrogen (secondary N) is 2. The Kier molecular flexibility index (Phi) is 6.81. The van der Waals surface area contributed by atoms with Gasteiger partial charge in [-0.2, -0.15) is 0 Å². The number of hydrogen-bond acceptors (Lipinski definition) is 5. The molecule has 0 spiro atoms. The smallest absolute Gasteiger partial charge is 0.241 e. The topological polar surface area (TPSA) is 111 Å². The van der Waals surface area contributed by atoms with Gasteiger partial charge in [0.2, 0.25) is 15.9 Å². The Morgan fingerprint density at radius 1 is 1.24 bits per heavy atom. The Morgan fingerprint density at radius 3 is 2.76 bits per heavy atom. The summed E-state index contributed by atoms with van der Waals surface area (Å²) in [5.41, 5.74) is 7.57. The molecule has 1 fully saturated rings. The lowest BCUT2D eigenvalue weighted by Gasteiger charge is -2.19. The van der Waals surface area contributed by atoms with Gasteiger partial charge in [0, 0.05) is 6.04 Å². The van der Waals surface area contributed by atoms with Crippen LogP contribution in [0.25, 0.3) is 0 Å². The molecule has 0 saturated heterocycles. The molecule has 25 heavy (non-hydrogen) atoms. The highest BCUT2D eigenvalue weighted by molar-refractivity contribution is 7.89. The summed E-state index contributed by atoms with van der Waals surface area (Å²) in [6.45, 7) is 1.19. The highest BCUT2D eigenvalue weighted by atomic mass is 35.5. The van der Waals surface area contributed by atoms with Crippen LogP contribution in [-0.2, 0) is 32.8 Å². The SMILES string of the molecule is Cl.NCC1CCCC1NC(=O)CNS(=O)(=O)c1ccc2c(c1)COC2. The van der Waals surface area contributed by atoms with Gasteiger partial charge < -0.3 is 15.8 Å². The lowest BCUT2D eigenvalue weighted by molar-refractivity contribution is -0.120. The first-order valence-corrected chi connectivity index (χ1v) is 9.66. The second-order valence-corrected chi connectivity index (χ2v) is 8.12. The van der Waals surface area contributed by atoms with E-state index in [2.05, 4.69) is 10.0 Å². The van der Waals surface area contributed by atoms with Crippen LogP contribution in [0.2, 0.25) is 0 Å². The number of rotatable bonds is 6. The molecule has 7 nitrogen and oxygen atoms in total. The number of amides is 1. The highest BCUT2D eigenvalue weighted by Crippen LogP contribution is 2.25. The molecule has 2 aliphatic rings. The quantitative estimate of drug-likeness (QED) is 0.662. The number of hydrogen-bond donors (Lipinski definition) is 3. The van der Waals surface area contributed by atoms with Crippen LogP contribution in [0.5, 0.6) is 0 Å². The minimum atomic E-state index is -3.72. The van der Waals surface area contributed by atoms with Crippen molar-refractivity contribution in [3.8, 4) is 0 Å². The van der Waals surface area contributed by atoms with Crippen LogP contribution in [-0.4, -0.2) is 33.5 Å². The van der Waals surface area contributed by atoms with Crippen LogP contribution in [0.3, 0.4) is 0 Å². The van der Waals surface area contributed by atoms with Gasteiger partial charge in [0.05, 0.1) is 24.7 Å². The van der Waals surface area contributed by atoms with E-state index in [1.165, 1.54) is 6.07 Å². The van der Waals surface area contributed by atoms with Crippen LogP contribution >= 0.6 is 12.4 Å². The molecule has 0 bridgehead atoms. The van der Waals surface area contributed by atoms with Crippen molar-refractivity contribution < 1.29 is 17.9 Å². The van der Waals surface area contributed by atoms with E-state index in [1.54, 1.807) is 12.1 Å². The fourth-order valence-electron chi connectivity index (χ4n) is 3.33. The van der Waals surface area contributed by atoms with E-state index >= 15 is 0 Å². The third kappa shape index (κ3) is 4.71. The van der Waals surface area contributed by atoms with E-state index < -0.39 is 10.0 Å². The van der Waals surface area contributed by atoms with Crippen LogP contribution < -0.4 is 15.8 Å². The second-order valence-electron chi connectivity index (χ2n) is 6.35. The molecule has 4 N–H and O–H groups in total. The predicted octanol–water partition coefficient (Wildman–Crippen LogP) is 0.661. The van der Waals surface area contributed by atoms with Gasteiger partial charge in [-0.25, -0.2) is 13.1 Å². The van der Waals surface area contributed by atoms with E-state index in [0.29, 0.717) is 19.8 Å². The summed E-state index contributed by atoms with van der Waals surface area (Å²) < 4.78 is 32.3. The fraction of sp³-hybridized carbons (Fsp3) is 0.562. The first-order chi connectivity index (χ1) is 11.5. The fourth-order valence-corrected chi connectivity index (χ4v) is 4.36. The Morgan fingerprint density at radius 2 is 2.00 bits per heavy atom. The number of sulfonamides is 1. The maximum absolute atomic E-state index is 12.3. The molecule has 3 rings (SSSR count). The zero-order chi connectivity index (χ0) is 17.2. The zero-order valence-electron chi connectivity index (χ0n) is 13.9. The average molecular weight is 390 g/mol. The van der Waals surface area contributed by atoms with Crippen molar-refractivity contribution in [2.45, 2.75) is 43.4 Å². The van der Waals surface area contributed by atoms with Crippen LogP contribution in [0.4, 0.5) is 0 Å². The summed E-state index contributed by atoms with van der Waals surface area (Å²) in [4.78, 5) is 12.2. The van der Waals surface area contributed by atoms with E-state index in [0.717, 1.165) is 30.4 Å². The standard InChI is InChI=1S/C16H23N3O4S.ClH/c17-7-11-2-1-3-15(11)19-16(20)8-18-24(21,22)14-5-4-12-9-23-10-13(12)6-14;/h4-6,11,15,18H,1-3,7-10,17H2,(H,19,20);1H. The third-order valence-corrected chi connectivity index (χ3v) is 6.13. The number of carbonyl (C=O) groups excluding carboxylic acids is 1. The van der Waals surface area contributed by atoms with E-state index in [1.807, 2.05) is 0 Å². The number of ether oxygens (including phenoxy) is 1. The lowest BCUT2D eigenvalue weighted by atomic mass is 10.0. The van der Waals surface area contributed by atoms with Gasteiger partial charge in [-0.1, -0.05) is 12.5 Å². The minimum absolute atomic E-state index is 0. The summed E-state index contributed by atoms with van der Waals surface area (Å²) in [6, 6.07) is 4.93. The maximum Gasteiger partial charge on any atom is 0.241 e. The monoisotopic (exact) mass is 389 g/mol. The van der Waals surface area contributed by atoms with Crippen molar-refractivity contribution in [1.82, 2.24) is 10.0 Å². The number of benzene rings is 1. The largest absolute Gasteiger partial charge is 0.372 e. The van der Waals surface area contributed by atoms with Crippen LogP contribution in [0, 0.1) is 5.92 Å². The average Bonchev–Trinajstić information content (AvgIpc) is 3.20. The maximum atomic E-state index is 12.3. The molecule has 140 valence electrons. The van der Waals surface area contributed by atoms with Gasteiger partial charge in [0.25, 0.3) is 0 Å². The predicted molar refractivity (Wildman–Crippen MR) is 95.7 cm³/mol. The lowest BCUT2D eigenvalue weighted by Crippen LogP contribution is -2.44. The summed E-state index contributed by atoms with van der Waals surface area (Å²) in [6.07, 6.45) is 2.94. The number of nitrogens with two attached hydrogens (primary N) is 1. The van der Waals surface area contributed by atoms with Crippen LogP contribution in [0.15, 0.2) is 23.1 Å². The van der Waals surface area contributed by atoms with E-state index in [9.17, 15) is 13.2 Å². The summed E-state index contributed by atoms with van der Waals surface area (Å²) in [7, 11) is -3.72. The minimum Gasteiger partial charge on any atom is -0.372 e. The molecular formula is C16H24ClN3O4S. The van der Waals surface area contributed by atoms with Crippen molar-refractivity contribution in [2.75, 3.05) is 13.1 Å². The molecule has 2 unspecified atom stereocenters. The Bertz CT molecular complexity index is 726. The third-order valence-electron chi connectivity index (χ3n) is 4.73. The van der Waals surface area contributed by atoms with Gasteiger partial charge in [-0.15, -0.1) is 12.4 Å². The van der Waals surface area contributed by atoms with Crippen molar-refractivity contribution in [3.63, 3.8) is 0 Å². The molecule has 1 saturated carbocycles. The molecule has 1 heterocycles. The summed E-state index contributed by atoms with van der Waals surface area (Å²) >= 11 is 0. The molecule has 2 atom stereocenters. The number of fused-ring (bicyclic) bond motifs is 1. The zero-order valence-corrected chi connectivity index (χ0v) is 15.5. The van der Waals surface area contributed by atoms with Gasteiger partial charge in [-0.3, -0.25) is 4.79 Å². The number of halogens is 1. The molecule has 0 radical (unpaired) electrons. The van der Waals surface area contributed by atoms with Gasteiger partial charge in [-0.05, 0) is 48.6 Å². The van der Waals surface area contributed by atoms with Crippen molar-refractivity contribution >= 4 is 28.3 Å². The first-order valence-electron chi connectivity index (χ1n) is 8.18. The highest BCUT2D eigenvalue weighted by Gasteiger charge is 2.27. The molecular weight excluding hydrogens is 366 g/mol. The molecule has 1 aliphatic heterocycles. The molecule has 0 aromatic heterocycles. The van der Waals surface area contributed by atoms with Crippen molar-refractivity contribution in [2.24, 2.45) is 11.7 Å². The van der Waals surface area contributed by atoms with Gasteiger partial charge >= 0.3 is 0 Å². The van der Waals surface area contributed by atoms with Crippen LogP contribution in [0.1, 0.15) is 30.4 Å². The summed E-state index contributed by atoms with van der Waals surface area (Å²) in [5, 5.41) is 2.88. The Balaban J connectivity index is 0.00000225. The normalized spacial score (nSPS) is 22.3. The van der Waals surface area contributed by atoms with Gasteiger partial charge in [0.15, 0.2) is 0 Å². The second kappa shape index (κ2) is 8.46.